The second kappa shape index (κ2) is 4.41. The Bertz CT molecular complexity index is 292. The van der Waals surface area contributed by atoms with Crippen molar-refractivity contribution in [2.24, 2.45) is 23.2 Å². The van der Waals surface area contributed by atoms with Gasteiger partial charge in [0, 0.05) is 23.6 Å². The molecule has 2 heteroatoms. The van der Waals surface area contributed by atoms with E-state index in [1.54, 1.807) is 38.5 Å². The summed E-state index contributed by atoms with van der Waals surface area (Å²) in [5, 5.41) is 4.04. The summed E-state index contributed by atoms with van der Waals surface area (Å²) in [4.78, 5) is 0. The average molecular weight is 265 g/mol. The van der Waals surface area contributed by atoms with Crippen LogP contribution in [0, 0.1) is 23.2 Å². The Hall–Kier alpha value is 0.310. The second-order valence-corrected chi connectivity index (χ2v) is 8.72. The van der Waals surface area contributed by atoms with Crippen molar-refractivity contribution >= 4 is 11.8 Å². The maximum Gasteiger partial charge on any atom is 0.0217 e. The normalized spacial score (nSPS) is 54.8. The quantitative estimate of drug-likeness (QED) is 0.817. The third-order valence-corrected chi connectivity index (χ3v) is 7.57. The van der Waals surface area contributed by atoms with Crippen LogP contribution < -0.4 is 5.32 Å². The van der Waals surface area contributed by atoms with E-state index in [2.05, 4.69) is 24.0 Å². The van der Waals surface area contributed by atoms with E-state index in [-0.39, 0.29) is 0 Å². The minimum atomic E-state index is 0.718. The monoisotopic (exact) mass is 265 g/mol. The Kier molecular flexibility index (Phi) is 2.96. The maximum atomic E-state index is 4.04. The fraction of sp³-hybridized carbons (Fsp3) is 1.00. The first-order chi connectivity index (χ1) is 8.77. The van der Waals surface area contributed by atoms with E-state index in [9.17, 15) is 0 Å². The van der Waals surface area contributed by atoms with Gasteiger partial charge in [-0.15, -0.1) is 0 Å². The van der Waals surface area contributed by atoms with E-state index < -0.39 is 0 Å². The van der Waals surface area contributed by atoms with Gasteiger partial charge in [0.15, 0.2) is 0 Å². The van der Waals surface area contributed by atoms with Gasteiger partial charge in [0.1, 0.15) is 0 Å². The van der Waals surface area contributed by atoms with Gasteiger partial charge in [0.05, 0.1) is 0 Å². The summed E-state index contributed by atoms with van der Waals surface area (Å²) in [6, 6.07) is 1.64. The summed E-state index contributed by atoms with van der Waals surface area (Å²) in [6.45, 7) is 2.35. The zero-order valence-corrected chi connectivity index (χ0v) is 12.5. The molecule has 0 aromatic rings. The SMILES string of the molecule is CCC1CSCC(C23CC4CC(CC(C4)C2)C3)N1. The molecule has 0 spiro atoms. The van der Waals surface area contributed by atoms with Crippen LogP contribution in [0.3, 0.4) is 0 Å². The molecule has 1 N–H and O–H groups in total. The summed E-state index contributed by atoms with van der Waals surface area (Å²) < 4.78 is 0. The molecule has 0 aromatic carbocycles. The lowest BCUT2D eigenvalue weighted by molar-refractivity contribution is -0.0714. The molecule has 1 aliphatic heterocycles. The molecule has 2 atom stereocenters. The molecule has 1 nitrogen and oxygen atoms in total. The highest BCUT2D eigenvalue weighted by atomic mass is 32.2. The minimum absolute atomic E-state index is 0.718. The van der Waals surface area contributed by atoms with Crippen LogP contribution in [0.1, 0.15) is 51.9 Å². The zero-order chi connectivity index (χ0) is 12.2. The van der Waals surface area contributed by atoms with Crippen LogP contribution >= 0.6 is 11.8 Å². The summed E-state index contributed by atoms with van der Waals surface area (Å²) >= 11 is 2.22. The molecule has 4 aliphatic carbocycles. The fourth-order valence-electron chi connectivity index (χ4n) is 5.90. The first-order valence-electron chi connectivity index (χ1n) is 8.11. The van der Waals surface area contributed by atoms with Gasteiger partial charge < -0.3 is 5.32 Å². The van der Waals surface area contributed by atoms with Gasteiger partial charge in [0.25, 0.3) is 0 Å². The van der Waals surface area contributed by atoms with Gasteiger partial charge in [-0.3, -0.25) is 0 Å². The van der Waals surface area contributed by atoms with Crippen molar-refractivity contribution in [2.45, 2.75) is 64.0 Å². The van der Waals surface area contributed by atoms with Gasteiger partial charge >= 0.3 is 0 Å². The molecule has 0 amide bonds. The van der Waals surface area contributed by atoms with Crippen LogP contribution in [-0.2, 0) is 0 Å². The molecule has 1 saturated heterocycles. The van der Waals surface area contributed by atoms with Gasteiger partial charge in [-0.1, -0.05) is 6.92 Å². The number of nitrogens with one attached hydrogen (secondary N) is 1. The molecular formula is C16H27NS. The van der Waals surface area contributed by atoms with Crippen molar-refractivity contribution in [1.82, 2.24) is 5.32 Å². The number of rotatable bonds is 2. The molecule has 0 aromatic heterocycles. The second-order valence-electron chi connectivity index (χ2n) is 7.64. The molecule has 5 fully saturated rings. The largest absolute Gasteiger partial charge is 0.309 e. The first kappa shape index (κ1) is 12.1. The molecular weight excluding hydrogens is 238 g/mol. The van der Waals surface area contributed by atoms with Crippen LogP contribution in [0.25, 0.3) is 0 Å². The summed E-state index contributed by atoms with van der Waals surface area (Å²) in [6.07, 6.45) is 10.7. The molecule has 4 bridgehead atoms. The molecule has 0 radical (unpaired) electrons. The fourth-order valence-corrected chi connectivity index (χ4v) is 7.34. The van der Waals surface area contributed by atoms with Crippen molar-refractivity contribution in [3.8, 4) is 0 Å². The zero-order valence-electron chi connectivity index (χ0n) is 11.7. The van der Waals surface area contributed by atoms with E-state index in [1.807, 2.05) is 0 Å². The van der Waals surface area contributed by atoms with Crippen molar-refractivity contribution in [2.75, 3.05) is 11.5 Å². The summed E-state index contributed by atoms with van der Waals surface area (Å²) in [5.74, 6) is 6.04. The van der Waals surface area contributed by atoms with Gasteiger partial charge in [-0.05, 0) is 68.1 Å². The van der Waals surface area contributed by atoms with Crippen molar-refractivity contribution in [3.63, 3.8) is 0 Å². The van der Waals surface area contributed by atoms with E-state index in [0.717, 1.165) is 35.3 Å². The standard InChI is InChI=1S/C16H27NS/c1-2-14-9-18-10-15(17-14)16-6-11-3-12(7-16)5-13(4-11)8-16/h11-15,17H,2-10H2,1H3. The molecule has 5 aliphatic rings. The number of thioether (sulfide) groups is 1. The highest BCUT2D eigenvalue weighted by Crippen LogP contribution is 2.61. The van der Waals surface area contributed by atoms with Crippen molar-refractivity contribution in [1.29, 1.82) is 0 Å². The number of hydrogen-bond donors (Lipinski definition) is 1. The third kappa shape index (κ3) is 1.86. The Labute approximate surface area is 116 Å². The van der Waals surface area contributed by atoms with Gasteiger partial charge in [0.2, 0.25) is 0 Å². The van der Waals surface area contributed by atoms with Crippen molar-refractivity contribution in [3.05, 3.63) is 0 Å². The van der Waals surface area contributed by atoms with E-state index >= 15 is 0 Å². The highest BCUT2D eigenvalue weighted by molar-refractivity contribution is 7.99. The summed E-state index contributed by atoms with van der Waals surface area (Å²) in [7, 11) is 0. The molecule has 5 rings (SSSR count). The van der Waals surface area contributed by atoms with Crippen LogP contribution in [0.15, 0.2) is 0 Å². The third-order valence-electron chi connectivity index (χ3n) is 6.36. The van der Waals surface area contributed by atoms with Crippen molar-refractivity contribution < 1.29 is 0 Å². The summed E-state index contributed by atoms with van der Waals surface area (Å²) in [5.41, 5.74) is 0.718. The van der Waals surface area contributed by atoms with Crippen LogP contribution in [0.4, 0.5) is 0 Å². The topological polar surface area (TPSA) is 12.0 Å². The van der Waals surface area contributed by atoms with E-state index in [0.29, 0.717) is 0 Å². The van der Waals surface area contributed by atoms with Crippen LogP contribution in [-0.4, -0.2) is 23.6 Å². The van der Waals surface area contributed by atoms with Gasteiger partial charge in [-0.25, -0.2) is 0 Å². The predicted molar refractivity (Wildman–Crippen MR) is 78.9 cm³/mol. The van der Waals surface area contributed by atoms with E-state index in [1.165, 1.54) is 17.9 Å². The maximum absolute atomic E-state index is 4.04. The Morgan fingerprint density at radius 1 is 1.00 bits per heavy atom. The lowest BCUT2D eigenvalue weighted by Crippen LogP contribution is -2.60. The molecule has 102 valence electrons. The molecule has 2 unspecified atom stereocenters. The Morgan fingerprint density at radius 3 is 2.17 bits per heavy atom. The van der Waals surface area contributed by atoms with Gasteiger partial charge in [-0.2, -0.15) is 11.8 Å². The minimum Gasteiger partial charge on any atom is -0.309 e. The molecule has 4 saturated carbocycles. The Morgan fingerprint density at radius 2 is 1.61 bits per heavy atom. The smallest absolute Gasteiger partial charge is 0.0217 e. The lowest BCUT2D eigenvalue weighted by atomic mass is 9.48. The molecule has 1 heterocycles. The first-order valence-corrected chi connectivity index (χ1v) is 9.26. The predicted octanol–water partition coefficient (Wildman–Crippen LogP) is 3.69. The Balaban J connectivity index is 1.56. The average Bonchev–Trinajstić information content (AvgIpc) is 2.37. The lowest BCUT2D eigenvalue weighted by Gasteiger charge is -2.60. The van der Waals surface area contributed by atoms with E-state index in [4.69, 9.17) is 0 Å². The highest BCUT2D eigenvalue weighted by Gasteiger charge is 2.54. The van der Waals surface area contributed by atoms with Crippen LogP contribution in [0.2, 0.25) is 0 Å². The van der Waals surface area contributed by atoms with Crippen LogP contribution in [0.5, 0.6) is 0 Å². The molecule has 18 heavy (non-hydrogen) atoms. The number of hydrogen-bond acceptors (Lipinski definition) is 2.